The fraction of sp³-hybridized carbons (Fsp3) is 0.235. The highest BCUT2D eigenvalue weighted by atomic mass is 32.2. The molecule has 1 amide bonds. The molecule has 5 rings (SSSR count). The minimum atomic E-state index is -3.94. The number of azide groups is 1. The molecule has 0 radical (unpaired) electrons. The van der Waals surface area contributed by atoms with Crippen LogP contribution in [0.1, 0.15) is 35.6 Å². The highest BCUT2D eigenvalue weighted by molar-refractivity contribution is 7.91. The highest BCUT2D eigenvalue weighted by Gasteiger charge is 2.54. The molecule has 1 heterocycles. The lowest BCUT2D eigenvalue weighted by molar-refractivity contribution is -0.130. The largest absolute Gasteiger partial charge is 0.494 e. The van der Waals surface area contributed by atoms with E-state index in [1.807, 2.05) is 0 Å². The zero-order valence-corrected chi connectivity index (χ0v) is 26.8. The van der Waals surface area contributed by atoms with Crippen LogP contribution >= 0.6 is 0 Å². The van der Waals surface area contributed by atoms with Gasteiger partial charge in [0.25, 0.3) is 5.91 Å². The normalized spacial score (nSPS) is 17.0. The predicted molar refractivity (Wildman–Crippen MR) is 176 cm³/mol. The van der Waals surface area contributed by atoms with Gasteiger partial charge in [0.1, 0.15) is 17.4 Å². The SMILES string of the molecule is [N-]=[N+]=Nc1ccccc1[C@@H]1OC(c2ccc(OCCCO)cc2)=N[C@]1(CCS(=O)(=O)c1ccccc1)C(=O)NNCc1ccc(F)cc1F. The van der Waals surface area contributed by atoms with Crippen molar-refractivity contribution in [2.75, 3.05) is 19.0 Å². The first kappa shape index (κ1) is 35.0. The summed E-state index contributed by atoms with van der Waals surface area (Å²) in [6, 6.07) is 23.7. The van der Waals surface area contributed by atoms with Crippen molar-refractivity contribution in [2.45, 2.75) is 35.9 Å². The van der Waals surface area contributed by atoms with Crippen molar-refractivity contribution in [1.82, 2.24) is 10.9 Å². The first-order valence-electron chi connectivity index (χ1n) is 15.2. The Morgan fingerprint density at radius 3 is 2.49 bits per heavy atom. The second kappa shape index (κ2) is 15.7. The number of carbonyl (C=O) groups excluding carboxylic acids is 1. The molecule has 12 nitrogen and oxygen atoms in total. The molecule has 0 aliphatic carbocycles. The van der Waals surface area contributed by atoms with Gasteiger partial charge in [-0.2, -0.15) is 0 Å². The van der Waals surface area contributed by atoms with Crippen molar-refractivity contribution in [3.8, 4) is 5.75 Å². The molecule has 0 unspecified atom stereocenters. The summed E-state index contributed by atoms with van der Waals surface area (Å²) in [4.78, 5) is 22.0. The van der Waals surface area contributed by atoms with Gasteiger partial charge in [-0.05, 0) is 48.0 Å². The molecule has 0 aromatic heterocycles. The summed E-state index contributed by atoms with van der Waals surface area (Å²) in [7, 11) is -3.94. The number of nitrogens with zero attached hydrogens (tertiary/aromatic N) is 4. The molecule has 0 spiro atoms. The molecule has 0 saturated heterocycles. The van der Waals surface area contributed by atoms with E-state index in [0.29, 0.717) is 30.4 Å². The van der Waals surface area contributed by atoms with E-state index in [0.717, 1.165) is 6.07 Å². The molecule has 1 aliphatic heterocycles. The third kappa shape index (κ3) is 8.21. The second-order valence-corrected chi connectivity index (χ2v) is 13.1. The average molecular weight is 691 g/mol. The van der Waals surface area contributed by atoms with Crippen LogP contribution in [0.15, 0.2) is 112 Å². The Labute approximate surface area is 280 Å². The Morgan fingerprint density at radius 1 is 1.04 bits per heavy atom. The molecule has 2 atom stereocenters. The number of benzene rings is 4. The maximum absolute atomic E-state index is 14.4. The molecule has 4 aromatic carbocycles. The lowest BCUT2D eigenvalue weighted by Crippen LogP contribution is -2.53. The van der Waals surface area contributed by atoms with E-state index in [4.69, 9.17) is 19.6 Å². The van der Waals surface area contributed by atoms with Crippen molar-refractivity contribution >= 4 is 27.3 Å². The molecular weight excluding hydrogens is 658 g/mol. The van der Waals surface area contributed by atoms with E-state index >= 15 is 0 Å². The van der Waals surface area contributed by atoms with Gasteiger partial charge in [-0.15, -0.1) is 0 Å². The Balaban J connectivity index is 1.56. The number of hydrogen-bond acceptors (Lipinski definition) is 9. The molecule has 254 valence electrons. The molecule has 0 fully saturated rings. The number of halogens is 2. The fourth-order valence-corrected chi connectivity index (χ4v) is 6.61. The van der Waals surface area contributed by atoms with Crippen LogP contribution in [0.4, 0.5) is 14.5 Å². The summed E-state index contributed by atoms with van der Waals surface area (Å²) in [6.07, 6.45) is -1.24. The molecule has 3 N–H and O–H groups in total. The van der Waals surface area contributed by atoms with Gasteiger partial charge in [0.2, 0.25) is 5.90 Å². The number of aliphatic hydroxyl groups excluding tert-OH is 1. The maximum Gasteiger partial charge on any atom is 0.266 e. The van der Waals surface area contributed by atoms with Gasteiger partial charge in [0.05, 0.1) is 17.3 Å². The number of hydrazine groups is 1. The van der Waals surface area contributed by atoms with Gasteiger partial charge < -0.3 is 14.6 Å². The summed E-state index contributed by atoms with van der Waals surface area (Å²) >= 11 is 0. The van der Waals surface area contributed by atoms with Crippen molar-refractivity contribution in [3.05, 3.63) is 136 Å². The summed E-state index contributed by atoms with van der Waals surface area (Å²) in [6.45, 7) is 0.0181. The van der Waals surface area contributed by atoms with Crippen molar-refractivity contribution in [3.63, 3.8) is 0 Å². The molecule has 4 aromatic rings. The topological polar surface area (TPSA) is 175 Å². The van der Waals surface area contributed by atoms with Gasteiger partial charge in [0.15, 0.2) is 21.5 Å². The second-order valence-electron chi connectivity index (χ2n) is 11.0. The number of carbonyl (C=O) groups is 1. The van der Waals surface area contributed by atoms with E-state index in [2.05, 4.69) is 20.9 Å². The molecule has 0 bridgehead atoms. The van der Waals surface area contributed by atoms with E-state index in [9.17, 15) is 27.5 Å². The Kier molecular flexibility index (Phi) is 11.2. The zero-order chi connectivity index (χ0) is 34.9. The smallest absolute Gasteiger partial charge is 0.266 e. The Hall–Kier alpha value is -5.34. The molecule has 1 aliphatic rings. The third-order valence-electron chi connectivity index (χ3n) is 7.75. The van der Waals surface area contributed by atoms with Crippen LogP contribution in [0, 0.1) is 11.6 Å². The maximum atomic E-state index is 14.4. The predicted octanol–water partition coefficient (Wildman–Crippen LogP) is 5.61. The van der Waals surface area contributed by atoms with E-state index in [1.54, 1.807) is 60.7 Å². The third-order valence-corrected chi connectivity index (χ3v) is 9.48. The van der Waals surface area contributed by atoms with Crippen LogP contribution in [-0.4, -0.2) is 49.8 Å². The van der Waals surface area contributed by atoms with Crippen LogP contribution in [0.3, 0.4) is 0 Å². The van der Waals surface area contributed by atoms with Crippen molar-refractivity contribution in [1.29, 1.82) is 0 Å². The van der Waals surface area contributed by atoms with Crippen LogP contribution < -0.4 is 15.6 Å². The molecular formula is C34H32F2N6O6S. The number of hydrogen-bond donors (Lipinski definition) is 3. The summed E-state index contributed by atoms with van der Waals surface area (Å²) in [5.41, 5.74) is 13.4. The van der Waals surface area contributed by atoms with Gasteiger partial charge in [-0.1, -0.05) is 53.6 Å². The van der Waals surface area contributed by atoms with Crippen LogP contribution in [0.25, 0.3) is 10.4 Å². The van der Waals surface area contributed by atoms with Crippen LogP contribution in [0.2, 0.25) is 0 Å². The Morgan fingerprint density at radius 2 is 1.78 bits per heavy atom. The van der Waals surface area contributed by atoms with Crippen LogP contribution in [-0.2, 0) is 25.9 Å². The quantitative estimate of drug-likeness (QED) is 0.0478. The number of rotatable bonds is 15. The first-order valence-corrected chi connectivity index (χ1v) is 16.8. The lowest BCUT2D eigenvalue weighted by Gasteiger charge is -2.31. The average Bonchev–Trinajstić information content (AvgIpc) is 3.50. The van der Waals surface area contributed by atoms with Gasteiger partial charge in [-0.3, -0.25) is 10.2 Å². The molecule has 15 heteroatoms. The summed E-state index contributed by atoms with van der Waals surface area (Å²) in [5.74, 6) is -2.44. The first-order chi connectivity index (χ1) is 23.7. The summed E-state index contributed by atoms with van der Waals surface area (Å²) in [5, 5.41) is 12.8. The summed E-state index contributed by atoms with van der Waals surface area (Å²) < 4.78 is 66.9. The van der Waals surface area contributed by atoms with E-state index in [1.165, 1.54) is 24.3 Å². The van der Waals surface area contributed by atoms with Crippen LogP contribution in [0.5, 0.6) is 5.75 Å². The lowest BCUT2D eigenvalue weighted by atomic mass is 9.84. The number of aliphatic imine (C=N–C) groups is 1. The van der Waals surface area contributed by atoms with Gasteiger partial charge in [-0.25, -0.2) is 27.6 Å². The molecule has 49 heavy (non-hydrogen) atoms. The zero-order valence-electron chi connectivity index (χ0n) is 26.0. The number of nitrogens with one attached hydrogen (secondary N) is 2. The number of aliphatic hydroxyl groups is 1. The minimum absolute atomic E-state index is 0.000475. The number of sulfone groups is 1. The standard InChI is InChI=1S/C34H32F2N6O6S/c35-25-14-11-24(29(36)21-25)22-38-41-33(44)34(17-20-49(45,46)27-7-2-1-3-8-27)31(28-9-4-5-10-30(28)40-42-37)48-32(39-34)23-12-15-26(16-13-23)47-19-6-18-43/h1-5,7-16,21,31,38,43H,6,17-20,22H2,(H,41,44)/t31-,34-/m0/s1. The van der Waals surface area contributed by atoms with Crippen molar-refractivity contribution < 1.29 is 36.6 Å². The molecule has 0 saturated carbocycles. The minimum Gasteiger partial charge on any atom is -0.494 e. The Bertz CT molecular complexity index is 1970. The van der Waals surface area contributed by atoms with Gasteiger partial charge >= 0.3 is 0 Å². The van der Waals surface area contributed by atoms with Crippen molar-refractivity contribution in [2.24, 2.45) is 10.1 Å². The highest BCUT2D eigenvalue weighted by Crippen LogP contribution is 2.45. The monoisotopic (exact) mass is 690 g/mol. The number of ether oxygens (including phenoxy) is 2. The fourth-order valence-electron chi connectivity index (χ4n) is 5.22. The van der Waals surface area contributed by atoms with E-state index in [-0.39, 0.29) is 47.2 Å². The van der Waals surface area contributed by atoms with Gasteiger partial charge in [0, 0.05) is 59.3 Å². The number of amides is 1. The van der Waals surface area contributed by atoms with E-state index < -0.39 is 44.8 Å².